The SMILES string of the molecule is CB(C#N)CCOc1ccc(N)cc1-n1cnnc1. The Morgan fingerprint density at radius 1 is 1.42 bits per heavy atom. The molecule has 0 aliphatic rings. The number of hydrogen-bond acceptors (Lipinski definition) is 5. The van der Waals surface area contributed by atoms with Gasteiger partial charge in [0.2, 0.25) is 0 Å². The molecule has 0 bridgehead atoms. The van der Waals surface area contributed by atoms with Crippen LogP contribution < -0.4 is 10.5 Å². The summed E-state index contributed by atoms with van der Waals surface area (Å²) < 4.78 is 7.44. The van der Waals surface area contributed by atoms with E-state index in [-0.39, 0.29) is 6.71 Å². The number of nitrogen functional groups attached to an aromatic ring is 1. The minimum absolute atomic E-state index is 0.0212. The number of aromatic nitrogens is 3. The molecule has 0 saturated carbocycles. The normalized spacial score (nSPS) is 9.89. The summed E-state index contributed by atoms with van der Waals surface area (Å²) >= 11 is 0. The van der Waals surface area contributed by atoms with Crippen LogP contribution in [0.4, 0.5) is 5.69 Å². The fraction of sp³-hybridized carbons (Fsp3) is 0.250. The first-order chi connectivity index (χ1) is 9.20. The molecule has 19 heavy (non-hydrogen) atoms. The maximum atomic E-state index is 8.73. The quantitative estimate of drug-likeness (QED) is 0.644. The molecule has 2 N–H and O–H groups in total. The van der Waals surface area contributed by atoms with E-state index in [2.05, 4.69) is 16.2 Å². The number of nitrogens with zero attached hydrogens (tertiary/aromatic N) is 4. The minimum Gasteiger partial charge on any atom is -0.492 e. The molecule has 0 unspecified atom stereocenters. The molecule has 0 amide bonds. The Hall–Kier alpha value is -2.49. The maximum absolute atomic E-state index is 8.73. The topological polar surface area (TPSA) is 89.7 Å². The Morgan fingerprint density at radius 3 is 2.84 bits per heavy atom. The van der Waals surface area contributed by atoms with Crippen molar-refractivity contribution in [3.05, 3.63) is 30.9 Å². The van der Waals surface area contributed by atoms with Crippen molar-refractivity contribution >= 4 is 12.4 Å². The predicted molar refractivity (Wildman–Crippen MR) is 73.3 cm³/mol. The monoisotopic (exact) mass is 255 g/mol. The van der Waals surface area contributed by atoms with Crippen molar-refractivity contribution in [2.24, 2.45) is 0 Å². The molecule has 0 fully saturated rings. The van der Waals surface area contributed by atoms with Crippen LogP contribution in [0.15, 0.2) is 30.9 Å². The Bertz CT molecular complexity index is 578. The molecule has 6 nitrogen and oxygen atoms in total. The Morgan fingerprint density at radius 2 is 2.16 bits per heavy atom. The van der Waals surface area contributed by atoms with Crippen molar-refractivity contribution in [1.29, 1.82) is 5.26 Å². The van der Waals surface area contributed by atoms with Gasteiger partial charge >= 0.3 is 0 Å². The van der Waals surface area contributed by atoms with Crippen LogP contribution in [0.3, 0.4) is 0 Å². The minimum atomic E-state index is -0.0212. The third-order valence-electron chi connectivity index (χ3n) is 2.71. The van der Waals surface area contributed by atoms with Crippen LogP contribution >= 0.6 is 0 Å². The van der Waals surface area contributed by atoms with E-state index < -0.39 is 0 Å². The Labute approximate surface area is 111 Å². The smallest absolute Gasteiger partial charge is 0.268 e. The molecule has 0 aliphatic carbocycles. The summed E-state index contributed by atoms with van der Waals surface area (Å²) in [5, 5.41) is 16.3. The third-order valence-corrected chi connectivity index (χ3v) is 2.71. The van der Waals surface area contributed by atoms with Crippen LogP contribution in [-0.4, -0.2) is 28.1 Å². The average Bonchev–Trinajstić information content (AvgIpc) is 2.94. The van der Waals surface area contributed by atoms with E-state index in [1.807, 2.05) is 12.9 Å². The fourth-order valence-corrected chi connectivity index (χ4v) is 1.59. The van der Waals surface area contributed by atoms with E-state index in [0.29, 0.717) is 24.4 Å². The number of hydrogen-bond donors (Lipinski definition) is 1. The van der Waals surface area contributed by atoms with Crippen molar-refractivity contribution in [3.8, 4) is 17.4 Å². The lowest BCUT2D eigenvalue weighted by molar-refractivity contribution is 0.338. The molecule has 0 aliphatic heterocycles. The molecule has 1 aromatic carbocycles. The molecule has 96 valence electrons. The Kier molecular flexibility index (Phi) is 4.03. The molecule has 2 aromatic rings. The number of nitriles is 1. The summed E-state index contributed by atoms with van der Waals surface area (Å²) in [6.45, 7) is 2.33. The summed E-state index contributed by atoms with van der Waals surface area (Å²) in [6.07, 6.45) is 3.85. The third kappa shape index (κ3) is 3.25. The summed E-state index contributed by atoms with van der Waals surface area (Å²) in [6, 6.07) is 5.38. The van der Waals surface area contributed by atoms with Crippen LogP contribution in [0, 0.1) is 11.2 Å². The average molecular weight is 255 g/mol. The van der Waals surface area contributed by atoms with Crippen LogP contribution in [-0.2, 0) is 0 Å². The summed E-state index contributed by atoms with van der Waals surface area (Å²) in [5.41, 5.74) is 7.21. The summed E-state index contributed by atoms with van der Waals surface area (Å²) in [4.78, 5) is 0. The van der Waals surface area contributed by atoms with Gasteiger partial charge in [-0.25, -0.2) is 5.26 Å². The van der Waals surface area contributed by atoms with Gasteiger partial charge in [-0.05, 0) is 24.5 Å². The van der Waals surface area contributed by atoms with Crippen LogP contribution in [0.1, 0.15) is 0 Å². The highest BCUT2D eigenvalue weighted by Crippen LogP contribution is 2.25. The number of rotatable bonds is 5. The number of ether oxygens (including phenoxy) is 1. The lowest BCUT2D eigenvalue weighted by Crippen LogP contribution is -2.10. The van der Waals surface area contributed by atoms with E-state index in [4.69, 9.17) is 15.7 Å². The molecule has 0 spiro atoms. The zero-order valence-electron chi connectivity index (χ0n) is 10.7. The van der Waals surface area contributed by atoms with Crippen LogP contribution in [0.25, 0.3) is 5.69 Å². The predicted octanol–water partition coefficient (Wildman–Crippen LogP) is 1.42. The van der Waals surface area contributed by atoms with Crippen LogP contribution in [0.5, 0.6) is 5.75 Å². The second-order valence-electron chi connectivity index (χ2n) is 4.26. The van der Waals surface area contributed by atoms with Gasteiger partial charge < -0.3 is 10.5 Å². The number of anilines is 1. The highest BCUT2D eigenvalue weighted by atomic mass is 16.5. The first kappa shape index (κ1) is 13.0. The zero-order chi connectivity index (χ0) is 13.7. The second kappa shape index (κ2) is 5.91. The zero-order valence-corrected chi connectivity index (χ0v) is 10.7. The van der Waals surface area contributed by atoms with Gasteiger partial charge in [-0.1, -0.05) is 6.82 Å². The van der Waals surface area contributed by atoms with E-state index in [1.165, 1.54) is 0 Å². The van der Waals surface area contributed by atoms with E-state index in [9.17, 15) is 0 Å². The van der Waals surface area contributed by atoms with Crippen LogP contribution in [0.2, 0.25) is 13.1 Å². The molecule has 0 saturated heterocycles. The lowest BCUT2D eigenvalue weighted by Gasteiger charge is -2.12. The summed E-state index contributed by atoms with van der Waals surface area (Å²) in [5.74, 6) is 2.87. The molecule has 1 heterocycles. The first-order valence-corrected chi connectivity index (χ1v) is 5.97. The van der Waals surface area contributed by atoms with Gasteiger partial charge in [0.15, 0.2) is 0 Å². The van der Waals surface area contributed by atoms with E-state index in [0.717, 1.165) is 5.69 Å². The van der Waals surface area contributed by atoms with E-state index in [1.54, 1.807) is 29.4 Å². The van der Waals surface area contributed by atoms with Crippen molar-refractivity contribution in [3.63, 3.8) is 0 Å². The maximum Gasteiger partial charge on any atom is 0.268 e. The van der Waals surface area contributed by atoms with Gasteiger partial charge in [0.25, 0.3) is 6.71 Å². The van der Waals surface area contributed by atoms with Crippen molar-refractivity contribution in [2.75, 3.05) is 12.3 Å². The Balaban J connectivity index is 2.14. The first-order valence-electron chi connectivity index (χ1n) is 5.97. The molecule has 0 atom stereocenters. The molecule has 2 rings (SSSR count). The largest absolute Gasteiger partial charge is 0.492 e. The molecule has 0 radical (unpaired) electrons. The van der Waals surface area contributed by atoms with Crippen molar-refractivity contribution in [1.82, 2.24) is 14.8 Å². The van der Waals surface area contributed by atoms with Gasteiger partial charge in [0.05, 0.1) is 12.3 Å². The second-order valence-corrected chi connectivity index (χ2v) is 4.26. The molecular formula is C12H14BN5O. The standard InChI is InChI=1S/C12H14BN5O/c1-13(7-14)4-5-19-12-3-2-10(15)6-11(12)18-8-16-17-9-18/h2-3,6,8-9H,4-5,15H2,1H3. The number of nitrogens with two attached hydrogens (primary N) is 1. The van der Waals surface area contributed by atoms with Crippen molar-refractivity contribution in [2.45, 2.75) is 13.1 Å². The van der Waals surface area contributed by atoms with Gasteiger partial charge in [-0.3, -0.25) is 4.57 Å². The molecule has 1 aromatic heterocycles. The van der Waals surface area contributed by atoms with Crippen molar-refractivity contribution < 1.29 is 4.74 Å². The van der Waals surface area contributed by atoms with Gasteiger partial charge in [-0.15, -0.1) is 10.2 Å². The molecule has 7 heteroatoms. The van der Waals surface area contributed by atoms with Gasteiger partial charge in [0, 0.05) is 11.7 Å². The fourth-order valence-electron chi connectivity index (χ4n) is 1.59. The number of benzene rings is 1. The highest BCUT2D eigenvalue weighted by molar-refractivity contribution is 6.65. The highest BCUT2D eigenvalue weighted by Gasteiger charge is 2.09. The van der Waals surface area contributed by atoms with Gasteiger partial charge in [0.1, 0.15) is 18.4 Å². The van der Waals surface area contributed by atoms with E-state index >= 15 is 0 Å². The lowest BCUT2D eigenvalue weighted by atomic mass is 9.52. The summed E-state index contributed by atoms with van der Waals surface area (Å²) in [7, 11) is 0. The molecular weight excluding hydrogens is 241 g/mol. The van der Waals surface area contributed by atoms with Gasteiger partial charge in [-0.2, -0.15) is 0 Å².